The van der Waals surface area contributed by atoms with Crippen LogP contribution in [-0.2, 0) is 11.3 Å². The lowest BCUT2D eigenvalue weighted by atomic mass is 10.1. The third kappa shape index (κ3) is 3.12. The van der Waals surface area contributed by atoms with E-state index in [-0.39, 0.29) is 24.8 Å². The number of rotatable bonds is 4. The number of amides is 1. The summed E-state index contributed by atoms with van der Waals surface area (Å²) in [6.07, 6.45) is 3.18. The normalized spacial score (nSPS) is 25.4. The van der Waals surface area contributed by atoms with Crippen LogP contribution in [0.15, 0.2) is 42.5 Å². The van der Waals surface area contributed by atoms with Crippen molar-refractivity contribution in [2.24, 2.45) is 5.92 Å². The molecule has 0 radical (unpaired) electrons. The number of fused-ring (bicyclic) bond motifs is 4. The lowest BCUT2D eigenvalue weighted by Crippen LogP contribution is -2.46. The smallest absolute Gasteiger partial charge is 0.244 e. The molecule has 6 rings (SSSR count). The van der Waals surface area contributed by atoms with Crippen molar-refractivity contribution in [1.29, 1.82) is 0 Å². The van der Waals surface area contributed by atoms with E-state index in [1.807, 2.05) is 41.3 Å². The van der Waals surface area contributed by atoms with Gasteiger partial charge in [-0.2, -0.15) is 0 Å². The standard InChI is InChI=1S/C23H24N2O4/c26-23-19-10-17(13-24(19)11-16-7-8-21-22(9-16)28-14-27-21)29-20-4-2-1-3-18(20)25(23)12-15-5-6-15/h1-4,7-9,15,17,19H,5-6,10-14H2/t17-,19-/m0/s1. The van der Waals surface area contributed by atoms with E-state index in [1.165, 1.54) is 12.8 Å². The molecular weight excluding hydrogens is 368 g/mol. The molecular formula is C23H24N2O4. The topological polar surface area (TPSA) is 51.2 Å². The van der Waals surface area contributed by atoms with Gasteiger partial charge in [0.1, 0.15) is 11.9 Å². The molecule has 0 unspecified atom stereocenters. The van der Waals surface area contributed by atoms with Crippen molar-refractivity contribution in [2.75, 3.05) is 24.8 Å². The Morgan fingerprint density at radius 3 is 2.76 bits per heavy atom. The van der Waals surface area contributed by atoms with E-state index in [1.54, 1.807) is 0 Å². The fourth-order valence-electron chi connectivity index (χ4n) is 4.66. The third-order valence-corrected chi connectivity index (χ3v) is 6.33. The Morgan fingerprint density at radius 1 is 1.00 bits per heavy atom. The van der Waals surface area contributed by atoms with Crippen molar-refractivity contribution in [1.82, 2.24) is 4.90 Å². The van der Waals surface area contributed by atoms with Crippen LogP contribution in [0.2, 0.25) is 0 Å². The SMILES string of the molecule is O=C1[C@@H]2C[C@@H](CN2Cc2ccc3c(c2)OCO3)Oc2ccccc2N1CC1CC1. The van der Waals surface area contributed by atoms with Crippen molar-refractivity contribution in [2.45, 2.75) is 38.0 Å². The average Bonchev–Trinajstić information content (AvgIpc) is 3.27. The molecule has 0 aromatic heterocycles. The summed E-state index contributed by atoms with van der Waals surface area (Å²) in [6.45, 7) is 2.50. The molecule has 150 valence electrons. The average molecular weight is 392 g/mol. The van der Waals surface area contributed by atoms with Gasteiger partial charge in [-0.15, -0.1) is 0 Å². The summed E-state index contributed by atoms with van der Waals surface area (Å²) < 4.78 is 17.3. The predicted octanol–water partition coefficient (Wildman–Crippen LogP) is 3.19. The van der Waals surface area contributed by atoms with E-state index in [9.17, 15) is 4.79 Å². The molecule has 3 heterocycles. The monoisotopic (exact) mass is 392 g/mol. The van der Waals surface area contributed by atoms with Crippen LogP contribution in [0.1, 0.15) is 24.8 Å². The quantitative estimate of drug-likeness (QED) is 0.800. The van der Waals surface area contributed by atoms with Crippen molar-refractivity contribution in [3.8, 4) is 17.2 Å². The van der Waals surface area contributed by atoms with Gasteiger partial charge >= 0.3 is 0 Å². The lowest BCUT2D eigenvalue weighted by Gasteiger charge is -2.32. The van der Waals surface area contributed by atoms with Gasteiger partial charge in [-0.05, 0) is 48.6 Å². The lowest BCUT2D eigenvalue weighted by molar-refractivity contribution is -0.123. The van der Waals surface area contributed by atoms with E-state index in [4.69, 9.17) is 14.2 Å². The maximum Gasteiger partial charge on any atom is 0.244 e. The van der Waals surface area contributed by atoms with Crippen molar-refractivity contribution < 1.29 is 19.0 Å². The van der Waals surface area contributed by atoms with Crippen LogP contribution in [0.4, 0.5) is 5.69 Å². The zero-order chi connectivity index (χ0) is 19.4. The molecule has 2 fully saturated rings. The minimum absolute atomic E-state index is 0.0298. The Hall–Kier alpha value is -2.73. The molecule has 1 saturated heterocycles. The van der Waals surface area contributed by atoms with Crippen LogP contribution in [0.3, 0.4) is 0 Å². The molecule has 2 atom stereocenters. The van der Waals surface area contributed by atoms with Crippen LogP contribution in [0.25, 0.3) is 0 Å². The van der Waals surface area contributed by atoms with E-state index >= 15 is 0 Å². The van der Waals surface area contributed by atoms with E-state index in [2.05, 4.69) is 11.0 Å². The summed E-state index contributed by atoms with van der Waals surface area (Å²) in [5, 5.41) is 0. The van der Waals surface area contributed by atoms with E-state index in [0.29, 0.717) is 12.5 Å². The Labute approximate surface area is 170 Å². The van der Waals surface area contributed by atoms with E-state index in [0.717, 1.165) is 48.0 Å². The zero-order valence-corrected chi connectivity index (χ0v) is 16.3. The van der Waals surface area contributed by atoms with Gasteiger partial charge in [0.15, 0.2) is 11.5 Å². The molecule has 6 nitrogen and oxygen atoms in total. The summed E-state index contributed by atoms with van der Waals surface area (Å²) in [5.74, 6) is 3.22. The summed E-state index contributed by atoms with van der Waals surface area (Å²) in [6, 6.07) is 13.9. The zero-order valence-electron chi connectivity index (χ0n) is 16.3. The van der Waals surface area contributed by atoms with Crippen molar-refractivity contribution >= 4 is 11.6 Å². The Bertz CT molecular complexity index is 958. The minimum atomic E-state index is -0.155. The second-order valence-electron chi connectivity index (χ2n) is 8.47. The summed E-state index contributed by atoms with van der Waals surface area (Å²) >= 11 is 0. The first-order valence-corrected chi connectivity index (χ1v) is 10.4. The van der Waals surface area contributed by atoms with Gasteiger partial charge in [0, 0.05) is 26.1 Å². The number of nitrogens with zero attached hydrogens (tertiary/aromatic N) is 2. The van der Waals surface area contributed by atoms with Gasteiger partial charge in [0.2, 0.25) is 12.7 Å². The van der Waals surface area contributed by atoms with Gasteiger partial charge in [-0.1, -0.05) is 18.2 Å². The summed E-state index contributed by atoms with van der Waals surface area (Å²) in [5.41, 5.74) is 2.04. The molecule has 0 N–H and O–H groups in total. The van der Waals surface area contributed by atoms with Crippen molar-refractivity contribution in [3.05, 3.63) is 48.0 Å². The molecule has 4 aliphatic rings. The molecule has 2 aromatic carbocycles. The Kier molecular flexibility index (Phi) is 3.94. The fraction of sp³-hybridized carbons (Fsp3) is 0.435. The van der Waals surface area contributed by atoms with Gasteiger partial charge in [0.25, 0.3) is 0 Å². The highest BCUT2D eigenvalue weighted by Crippen LogP contribution is 2.40. The second-order valence-corrected chi connectivity index (χ2v) is 8.47. The number of hydrogen-bond donors (Lipinski definition) is 0. The first-order chi connectivity index (χ1) is 14.2. The van der Waals surface area contributed by atoms with Crippen molar-refractivity contribution in [3.63, 3.8) is 0 Å². The first kappa shape index (κ1) is 17.2. The van der Waals surface area contributed by atoms with E-state index < -0.39 is 0 Å². The molecule has 2 bridgehead atoms. The van der Waals surface area contributed by atoms with Crippen LogP contribution in [0, 0.1) is 5.92 Å². The fourth-order valence-corrected chi connectivity index (χ4v) is 4.66. The molecule has 1 amide bonds. The van der Waals surface area contributed by atoms with Gasteiger partial charge in [-0.3, -0.25) is 9.69 Å². The molecule has 1 saturated carbocycles. The van der Waals surface area contributed by atoms with Crippen LogP contribution < -0.4 is 19.1 Å². The molecule has 3 aliphatic heterocycles. The van der Waals surface area contributed by atoms with Gasteiger partial charge < -0.3 is 19.1 Å². The number of carbonyl (C=O) groups excluding carboxylic acids is 1. The molecule has 1 aliphatic carbocycles. The molecule has 0 spiro atoms. The Morgan fingerprint density at radius 2 is 1.86 bits per heavy atom. The highest BCUT2D eigenvalue weighted by Gasteiger charge is 2.43. The maximum atomic E-state index is 13.7. The number of carbonyl (C=O) groups is 1. The van der Waals surface area contributed by atoms with Gasteiger partial charge in [-0.25, -0.2) is 0 Å². The third-order valence-electron chi connectivity index (χ3n) is 6.33. The number of hydrogen-bond acceptors (Lipinski definition) is 5. The predicted molar refractivity (Wildman–Crippen MR) is 107 cm³/mol. The summed E-state index contributed by atoms with van der Waals surface area (Å²) in [7, 11) is 0. The van der Waals surface area contributed by atoms with Crippen LogP contribution >= 0.6 is 0 Å². The number of likely N-dealkylation sites (tertiary alicyclic amines) is 1. The van der Waals surface area contributed by atoms with Crippen LogP contribution in [-0.4, -0.2) is 42.8 Å². The minimum Gasteiger partial charge on any atom is -0.487 e. The molecule has 6 heteroatoms. The second kappa shape index (κ2) is 6.66. The maximum absolute atomic E-state index is 13.7. The number of benzene rings is 2. The van der Waals surface area contributed by atoms with Gasteiger partial charge in [0.05, 0.1) is 11.7 Å². The summed E-state index contributed by atoms with van der Waals surface area (Å²) in [4.78, 5) is 17.9. The Balaban J connectivity index is 1.30. The number of anilines is 1. The van der Waals surface area contributed by atoms with Crippen LogP contribution in [0.5, 0.6) is 17.2 Å². The molecule has 29 heavy (non-hydrogen) atoms. The number of ether oxygens (including phenoxy) is 3. The highest BCUT2D eigenvalue weighted by atomic mass is 16.7. The number of para-hydroxylation sites is 2. The first-order valence-electron chi connectivity index (χ1n) is 10.4. The highest BCUT2D eigenvalue weighted by molar-refractivity contribution is 5.99. The molecule has 2 aromatic rings. The largest absolute Gasteiger partial charge is 0.487 e.